The van der Waals surface area contributed by atoms with Crippen LogP contribution in [-0.4, -0.2) is 17.2 Å². The van der Waals surface area contributed by atoms with E-state index in [2.05, 4.69) is 0 Å². The van der Waals surface area contributed by atoms with Crippen molar-refractivity contribution in [2.45, 2.75) is 6.61 Å². The summed E-state index contributed by atoms with van der Waals surface area (Å²) in [6.45, 7) is 0.321. The fraction of sp³-hybridized carbons (Fsp3) is 0.0769. The van der Waals surface area contributed by atoms with Crippen molar-refractivity contribution in [1.29, 1.82) is 0 Å². The Morgan fingerprint density at radius 3 is 2.32 bits per heavy atom. The van der Waals surface area contributed by atoms with E-state index in [1.807, 2.05) is 0 Å². The number of ether oxygens (including phenoxy) is 1. The molecule has 0 aliphatic rings. The molecule has 0 radical (unpaired) electrons. The van der Waals surface area contributed by atoms with Crippen molar-refractivity contribution in [3.8, 4) is 5.75 Å². The van der Waals surface area contributed by atoms with Crippen LogP contribution in [0.1, 0.15) is 5.56 Å². The highest BCUT2D eigenvalue weighted by Gasteiger charge is 2.10. The van der Waals surface area contributed by atoms with Crippen LogP contribution in [0.25, 0.3) is 0 Å². The van der Waals surface area contributed by atoms with Crippen LogP contribution >= 0.6 is 23.2 Å². The topological polar surface area (TPSA) is 49.7 Å². The molecule has 0 fully saturated rings. The third-order valence-corrected chi connectivity index (χ3v) is 3.39. The van der Waals surface area contributed by atoms with Crippen molar-refractivity contribution in [2.75, 3.05) is 0 Å². The van der Waals surface area contributed by atoms with Crippen LogP contribution in [0.5, 0.6) is 5.75 Å². The third-order valence-electron chi connectivity index (χ3n) is 2.59. The van der Waals surface area contributed by atoms with Gasteiger partial charge < -0.3 is 14.8 Å². The summed E-state index contributed by atoms with van der Waals surface area (Å²) < 4.78 is 5.56. The van der Waals surface area contributed by atoms with E-state index in [9.17, 15) is 0 Å². The van der Waals surface area contributed by atoms with Gasteiger partial charge in [0.05, 0.1) is 5.02 Å². The Hall–Kier alpha value is -1.20. The molecular weight excluding hydrogens is 286 g/mol. The maximum Gasteiger partial charge on any atom is 0.488 e. The first-order valence-corrected chi connectivity index (χ1v) is 6.35. The Labute approximate surface area is 121 Å². The van der Waals surface area contributed by atoms with Crippen molar-refractivity contribution in [3.63, 3.8) is 0 Å². The Morgan fingerprint density at radius 1 is 1.00 bits per heavy atom. The number of benzene rings is 2. The maximum atomic E-state index is 8.98. The predicted molar refractivity (Wildman–Crippen MR) is 77.1 cm³/mol. The van der Waals surface area contributed by atoms with E-state index in [1.54, 1.807) is 42.5 Å². The minimum Gasteiger partial charge on any atom is -0.487 e. The normalized spacial score (nSPS) is 10.3. The van der Waals surface area contributed by atoms with Gasteiger partial charge in [-0.3, -0.25) is 0 Å². The number of halogens is 2. The zero-order chi connectivity index (χ0) is 13.8. The van der Waals surface area contributed by atoms with Crippen molar-refractivity contribution in [3.05, 3.63) is 58.1 Å². The second-order valence-corrected chi connectivity index (χ2v) is 4.74. The van der Waals surface area contributed by atoms with Gasteiger partial charge in [-0.2, -0.15) is 0 Å². The minimum absolute atomic E-state index is 0.321. The van der Waals surface area contributed by atoms with Gasteiger partial charge in [0.2, 0.25) is 0 Å². The van der Waals surface area contributed by atoms with Gasteiger partial charge in [0.1, 0.15) is 17.4 Å². The molecule has 0 aromatic heterocycles. The molecule has 0 spiro atoms. The van der Waals surface area contributed by atoms with Gasteiger partial charge in [0.15, 0.2) is 0 Å². The average Bonchev–Trinajstić information content (AvgIpc) is 2.41. The summed E-state index contributed by atoms with van der Waals surface area (Å²) in [5, 5.41) is 18.8. The molecule has 3 nitrogen and oxygen atoms in total. The van der Waals surface area contributed by atoms with Crippen molar-refractivity contribution in [2.24, 2.45) is 0 Å². The van der Waals surface area contributed by atoms with E-state index in [-0.39, 0.29) is 0 Å². The summed E-state index contributed by atoms with van der Waals surface area (Å²) in [6, 6.07) is 12.0. The molecule has 2 aromatic rings. The zero-order valence-electron chi connectivity index (χ0n) is 9.88. The second kappa shape index (κ2) is 6.30. The van der Waals surface area contributed by atoms with E-state index < -0.39 is 7.12 Å². The Bertz CT molecular complexity index is 558. The number of hydrogen-bond acceptors (Lipinski definition) is 3. The van der Waals surface area contributed by atoms with Crippen LogP contribution in [0.2, 0.25) is 10.0 Å². The van der Waals surface area contributed by atoms with Gasteiger partial charge in [-0.25, -0.2) is 0 Å². The minimum atomic E-state index is -1.46. The first-order valence-electron chi connectivity index (χ1n) is 5.59. The number of rotatable bonds is 4. The fourth-order valence-corrected chi connectivity index (χ4v) is 1.89. The van der Waals surface area contributed by atoms with Crippen LogP contribution in [0.15, 0.2) is 42.5 Å². The zero-order valence-corrected chi connectivity index (χ0v) is 11.4. The molecule has 0 saturated carbocycles. The summed E-state index contributed by atoms with van der Waals surface area (Å²) in [5.41, 5.74) is 1.32. The average molecular weight is 297 g/mol. The van der Waals surface area contributed by atoms with Crippen LogP contribution in [0.3, 0.4) is 0 Å². The largest absolute Gasteiger partial charge is 0.488 e. The molecule has 98 valence electrons. The molecule has 6 heteroatoms. The molecule has 0 bridgehead atoms. The lowest BCUT2D eigenvalue weighted by Crippen LogP contribution is -2.29. The predicted octanol–water partition coefficient (Wildman–Crippen LogP) is 2.25. The molecule has 0 saturated heterocycles. The first-order chi connectivity index (χ1) is 9.08. The summed E-state index contributed by atoms with van der Waals surface area (Å²) >= 11 is 11.9. The van der Waals surface area contributed by atoms with Crippen molar-refractivity contribution in [1.82, 2.24) is 0 Å². The van der Waals surface area contributed by atoms with Crippen LogP contribution < -0.4 is 10.2 Å². The van der Waals surface area contributed by atoms with Crippen molar-refractivity contribution >= 4 is 35.8 Å². The SMILES string of the molecule is OB(O)c1ccc(COc2cccc(Cl)c2Cl)cc1. The highest BCUT2D eigenvalue weighted by Crippen LogP contribution is 2.31. The molecule has 2 N–H and O–H groups in total. The lowest BCUT2D eigenvalue weighted by atomic mass is 9.80. The standard InChI is InChI=1S/C13H11BCl2O3/c15-11-2-1-3-12(13(11)16)19-8-9-4-6-10(7-5-9)14(17)18/h1-7,17-18H,8H2. The van der Waals surface area contributed by atoms with Gasteiger partial charge in [-0.1, -0.05) is 53.5 Å². The third kappa shape index (κ3) is 3.64. The van der Waals surface area contributed by atoms with Gasteiger partial charge in [-0.15, -0.1) is 0 Å². The molecule has 0 heterocycles. The molecule has 0 atom stereocenters. The maximum absolute atomic E-state index is 8.98. The Kier molecular flexibility index (Phi) is 4.72. The fourth-order valence-electron chi connectivity index (χ4n) is 1.54. The lowest BCUT2D eigenvalue weighted by Gasteiger charge is -2.09. The Balaban J connectivity index is 2.04. The molecule has 0 unspecified atom stereocenters. The molecular formula is C13H11BCl2O3. The molecule has 0 amide bonds. The summed E-state index contributed by atoms with van der Waals surface area (Å²) in [6.07, 6.45) is 0. The van der Waals surface area contributed by atoms with Gasteiger partial charge >= 0.3 is 7.12 Å². The van der Waals surface area contributed by atoms with E-state index in [0.717, 1.165) is 5.56 Å². The van der Waals surface area contributed by atoms with Crippen molar-refractivity contribution < 1.29 is 14.8 Å². The van der Waals surface area contributed by atoms with E-state index in [1.165, 1.54) is 0 Å². The Morgan fingerprint density at radius 2 is 1.68 bits per heavy atom. The molecule has 0 aliphatic heterocycles. The van der Waals surface area contributed by atoms with Crippen LogP contribution in [0.4, 0.5) is 0 Å². The van der Waals surface area contributed by atoms with Crippen LogP contribution in [-0.2, 0) is 6.61 Å². The number of hydrogen-bond donors (Lipinski definition) is 2. The monoisotopic (exact) mass is 296 g/mol. The first kappa shape index (κ1) is 14.2. The second-order valence-electron chi connectivity index (χ2n) is 3.96. The van der Waals surface area contributed by atoms with Gasteiger partial charge in [0.25, 0.3) is 0 Å². The van der Waals surface area contributed by atoms with E-state index in [4.69, 9.17) is 38.0 Å². The van der Waals surface area contributed by atoms with Crippen LogP contribution in [0, 0.1) is 0 Å². The highest BCUT2D eigenvalue weighted by molar-refractivity contribution is 6.58. The summed E-state index contributed by atoms with van der Waals surface area (Å²) in [5.74, 6) is 0.514. The molecule has 2 rings (SSSR count). The molecule has 0 aliphatic carbocycles. The van der Waals surface area contributed by atoms with Gasteiger partial charge in [-0.05, 0) is 23.2 Å². The molecule has 19 heavy (non-hydrogen) atoms. The lowest BCUT2D eigenvalue weighted by molar-refractivity contribution is 0.306. The molecule has 2 aromatic carbocycles. The van der Waals surface area contributed by atoms with Gasteiger partial charge in [0, 0.05) is 0 Å². The smallest absolute Gasteiger partial charge is 0.487 e. The van der Waals surface area contributed by atoms with E-state index >= 15 is 0 Å². The summed E-state index contributed by atoms with van der Waals surface area (Å²) in [4.78, 5) is 0. The quantitative estimate of drug-likeness (QED) is 0.851. The highest BCUT2D eigenvalue weighted by atomic mass is 35.5. The van der Waals surface area contributed by atoms with E-state index in [0.29, 0.717) is 27.9 Å². The summed E-state index contributed by atoms with van der Waals surface area (Å²) in [7, 11) is -1.46.